The van der Waals surface area contributed by atoms with Gasteiger partial charge in [-0.05, 0) is 5.92 Å². The number of hydrogen-bond acceptors (Lipinski definition) is 4. The number of nitrogens with zero attached hydrogens (tertiary/aromatic N) is 1. The van der Waals surface area contributed by atoms with Crippen molar-refractivity contribution in [3.8, 4) is 0 Å². The molecule has 0 bridgehead atoms. The van der Waals surface area contributed by atoms with Gasteiger partial charge in [0.1, 0.15) is 4.66 Å². The maximum absolute atomic E-state index is 11.2. The molecule has 0 spiro atoms. The van der Waals surface area contributed by atoms with Gasteiger partial charge in [-0.15, -0.1) is 11.3 Å². The zero-order valence-electron chi connectivity index (χ0n) is 7.82. The van der Waals surface area contributed by atoms with Gasteiger partial charge in [0.25, 0.3) is 0 Å². The maximum Gasteiger partial charge on any atom is 0.244 e. The van der Waals surface area contributed by atoms with E-state index >= 15 is 0 Å². The highest BCUT2D eigenvalue weighted by atomic mass is 79.9. The van der Waals surface area contributed by atoms with Crippen molar-refractivity contribution in [2.24, 2.45) is 0 Å². The van der Waals surface area contributed by atoms with Crippen molar-refractivity contribution in [1.82, 2.24) is 4.98 Å². The van der Waals surface area contributed by atoms with E-state index in [0.29, 0.717) is 11.0 Å². The quantitative estimate of drug-likeness (QED) is 0.868. The number of anilines is 1. The van der Waals surface area contributed by atoms with Crippen molar-refractivity contribution in [2.75, 3.05) is 9.38 Å². The molecule has 0 atom stereocenters. The number of hydrogen-bond donors (Lipinski definition) is 1. The molecule has 80 valence electrons. The van der Waals surface area contributed by atoms with Gasteiger partial charge in [0.15, 0.2) is 5.13 Å². The molecular weight excluding hydrogens is 288 g/mol. The normalized spacial score (nSPS) is 12.0. The van der Waals surface area contributed by atoms with Crippen molar-refractivity contribution in [1.29, 1.82) is 0 Å². The number of nitrogens with one attached hydrogen (secondary N) is 1. The van der Waals surface area contributed by atoms with E-state index in [4.69, 9.17) is 0 Å². The Kier molecular flexibility index (Phi) is 3.91. The lowest BCUT2D eigenvalue weighted by atomic mass is 10.2. The molecule has 1 aromatic rings. The van der Waals surface area contributed by atoms with Crippen LogP contribution in [-0.4, -0.2) is 18.1 Å². The van der Waals surface area contributed by atoms with Crippen LogP contribution < -0.4 is 4.72 Å². The minimum absolute atomic E-state index is 0.114. The summed E-state index contributed by atoms with van der Waals surface area (Å²) in [6, 6.07) is 0. The summed E-state index contributed by atoms with van der Waals surface area (Å²) in [5, 5.41) is 2.28. The molecule has 0 unspecified atom stereocenters. The van der Waals surface area contributed by atoms with E-state index < -0.39 is 10.0 Å². The topological polar surface area (TPSA) is 59.1 Å². The molecule has 1 aromatic heterocycles. The lowest BCUT2D eigenvalue weighted by molar-refractivity contribution is 0.606. The second kappa shape index (κ2) is 4.59. The molecule has 0 aliphatic heterocycles. The first kappa shape index (κ1) is 11.9. The fraction of sp³-hybridized carbons (Fsp3) is 0.571. The zero-order chi connectivity index (χ0) is 10.8. The SMILES string of the molecule is CC(C)c1csc(NS(=O)(=O)CBr)n1. The summed E-state index contributed by atoms with van der Waals surface area (Å²) in [5.74, 6) is 0.313. The minimum atomic E-state index is -3.27. The van der Waals surface area contributed by atoms with Crippen LogP contribution >= 0.6 is 27.3 Å². The van der Waals surface area contributed by atoms with Crippen molar-refractivity contribution < 1.29 is 8.42 Å². The third-order valence-electron chi connectivity index (χ3n) is 1.50. The van der Waals surface area contributed by atoms with Gasteiger partial charge in [0, 0.05) is 5.38 Å². The molecule has 0 fully saturated rings. The van der Waals surface area contributed by atoms with Crippen molar-refractivity contribution in [2.45, 2.75) is 19.8 Å². The molecule has 0 saturated heterocycles. The molecule has 0 amide bonds. The van der Waals surface area contributed by atoms with E-state index in [1.54, 1.807) is 0 Å². The van der Waals surface area contributed by atoms with Crippen LogP contribution in [0.4, 0.5) is 5.13 Å². The van der Waals surface area contributed by atoms with Gasteiger partial charge in [-0.3, -0.25) is 4.72 Å². The Morgan fingerprint density at radius 1 is 1.64 bits per heavy atom. The van der Waals surface area contributed by atoms with E-state index in [-0.39, 0.29) is 4.66 Å². The standard InChI is InChI=1S/C7H11BrN2O2S2/c1-5(2)6-3-13-7(9-6)10-14(11,12)4-8/h3,5H,4H2,1-2H3,(H,9,10). The lowest BCUT2D eigenvalue weighted by Crippen LogP contribution is -2.12. The summed E-state index contributed by atoms with van der Waals surface area (Å²) in [6.07, 6.45) is 0. The monoisotopic (exact) mass is 298 g/mol. The molecule has 14 heavy (non-hydrogen) atoms. The van der Waals surface area contributed by atoms with Crippen molar-refractivity contribution in [3.05, 3.63) is 11.1 Å². The van der Waals surface area contributed by atoms with Gasteiger partial charge >= 0.3 is 0 Å². The summed E-state index contributed by atoms with van der Waals surface area (Å²) in [4.78, 5) is 4.15. The summed E-state index contributed by atoms with van der Waals surface area (Å²) in [6.45, 7) is 4.02. The fourth-order valence-corrected chi connectivity index (χ4v) is 2.76. The molecule has 0 aromatic carbocycles. The second-order valence-electron chi connectivity index (χ2n) is 3.06. The van der Waals surface area contributed by atoms with Gasteiger partial charge in [-0.2, -0.15) is 0 Å². The Labute approximate surface area is 95.9 Å². The van der Waals surface area contributed by atoms with Crippen LogP contribution in [0.1, 0.15) is 25.5 Å². The molecule has 0 aliphatic carbocycles. The average Bonchev–Trinajstić information content (AvgIpc) is 2.52. The van der Waals surface area contributed by atoms with Gasteiger partial charge in [-0.1, -0.05) is 29.8 Å². The van der Waals surface area contributed by atoms with E-state index in [9.17, 15) is 8.42 Å². The predicted molar refractivity (Wildman–Crippen MR) is 62.5 cm³/mol. The van der Waals surface area contributed by atoms with Crippen LogP contribution in [0.5, 0.6) is 0 Å². The number of rotatable bonds is 4. The summed E-state index contributed by atoms with van der Waals surface area (Å²) in [7, 11) is -3.27. The van der Waals surface area contributed by atoms with Crippen LogP contribution in [0.15, 0.2) is 5.38 Å². The van der Waals surface area contributed by atoms with Crippen molar-refractivity contribution >= 4 is 42.4 Å². The fourth-order valence-electron chi connectivity index (χ4n) is 0.759. The zero-order valence-corrected chi connectivity index (χ0v) is 11.0. The average molecular weight is 299 g/mol. The highest BCUT2D eigenvalue weighted by molar-refractivity contribution is 9.10. The Morgan fingerprint density at radius 3 is 2.71 bits per heavy atom. The van der Waals surface area contributed by atoms with E-state index in [0.717, 1.165) is 5.69 Å². The van der Waals surface area contributed by atoms with Gasteiger partial charge in [0.05, 0.1) is 5.69 Å². The Balaban J connectivity index is 2.79. The largest absolute Gasteiger partial charge is 0.258 e. The molecule has 0 aliphatic rings. The van der Waals surface area contributed by atoms with E-state index in [1.165, 1.54) is 11.3 Å². The number of aromatic nitrogens is 1. The summed E-state index contributed by atoms with van der Waals surface area (Å²) in [5.41, 5.74) is 0.905. The third-order valence-corrected chi connectivity index (χ3v) is 5.00. The molecule has 1 rings (SSSR count). The van der Waals surface area contributed by atoms with Crippen LogP contribution in [0.2, 0.25) is 0 Å². The molecule has 1 heterocycles. The van der Waals surface area contributed by atoms with Crippen LogP contribution in [0, 0.1) is 0 Å². The Hall–Kier alpha value is -0.140. The van der Waals surface area contributed by atoms with Crippen LogP contribution in [-0.2, 0) is 10.0 Å². The van der Waals surface area contributed by atoms with E-state index in [2.05, 4.69) is 25.6 Å². The summed E-state index contributed by atoms with van der Waals surface area (Å²) < 4.78 is 24.6. The highest BCUT2D eigenvalue weighted by Crippen LogP contribution is 2.22. The number of halogens is 1. The van der Waals surface area contributed by atoms with Gasteiger partial charge in [-0.25, -0.2) is 13.4 Å². The first-order valence-corrected chi connectivity index (χ1v) is 7.62. The molecule has 4 nitrogen and oxygen atoms in total. The number of thiazole rings is 1. The predicted octanol–water partition coefficient (Wildman–Crippen LogP) is 2.36. The molecule has 0 saturated carbocycles. The summed E-state index contributed by atoms with van der Waals surface area (Å²) >= 11 is 4.19. The molecule has 1 N–H and O–H groups in total. The first-order chi connectivity index (χ1) is 6.44. The number of sulfonamides is 1. The van der Waals surface area contributed by atoms with Crippen molar-refractivity contribution in [3.63, 3.8) is 0 Å². The number of alkyl halides is 1. The maximum atomic E-state index is 11.2. The van der Waals surface area contributed by atoms with Crippen LogP contribution in [0.25, 0.3) is 0 Å². The molecular formula is C7H11BrN2O2S2. The Morgan fingerprint density at radius 2 is 2.29 bits per heavy atom. The van der Waals surface area contributed by atoms with Gasteiger partial charge in [0.2, 0.25) is 10.0 Å². The molecule has 0 radical (unpaired) electrons. The highest BCUT2D eigenvalue weighted by Gasteiger charge is 2.11. The van der Waals surface area contributed by atoms with E-state index in [1.807, 2.05) is 19.2 Å². The third kappa shape index (κ3) is 3.21. The lowest BCUT2D eigenvalue weighted by Gasteiger charge is -2.00. The first-order valence-electron chi connectivity index (χ1n) is 3.96. The minimum Gasteiger partial charge on any atom is -0.258 e. The Bertz CT molecular complexity index is 400. The van der Waals surface area contributed by atoms with Gasteiger partial charge < -0.3 is 0 Å². The van der Waals surface area contributed by atoms with Crippen LogP contribution in [0.3, 0.4) is 0 Å². The smallest absolute Gasteiger partial charge is 0.244 e. The second-order valence-corrected chi connectivity index (χ2v) is 6.94. The molecule has 7 heteroatoms.